The summed E-state index contributed by atoms with van der Waals surface area (Å²) in [4.78, 5) is 11.8. The first kappa shape index (κ1) is 16.1. The van der Waals surface area contributed by atoms with Crippen LogP contribution in [0.3, 0.4) is 0 Å². The van der Waals surface area contributed by atoms with Crippen molar-refractivity contribution in [3.63, 3.8) is 0 Å². The van der Waals surface area contributed by atoms with Crippen molar-refractivity contribution in [2.45, 2.75) is 40.2 Å². The molecule has 1 amide bonds. The molecule has 0 unspecified atom stereocenters. The molecule has 0 saturated heterocycles. The molecule has 0 atom stereocenters. The molecule has 0 bridgehead atoms. The van der Waals surface area contributed by atoms with E-state index in [2.05, 4.69) is 19.2 Å². The molecule has 0 radical (unpaired) electrons. The molecule has 0 aliphatic heterocycles. The fraction of sp³-hybridized carbons (Fsp3) is 0.389. The highest BCUT2D eigenvalue weighted by molar-refractivity contribution is 5.91. The van der Waals surface area contributed by atoms with E-state index in [0.717, 1.165) is 18.6 Å². The van der Waals surface area contributed by atoms with Gasteiger partial charge < -0.3 is 14.5 Å². The maximum Gasteiger partial charge on any atom is 0.286 e. The number of carbonyl (C=O) groups excluding carboxylic acids is 1. The van der Waals surface area contributed by atoms with Gasteiger partial charge in [0.15, 0.2) is 5.76 Å². The van der Waals surface area contributed by atoms with Gasteiger partial charge in [0, 0.05) is 6.54 Å². The van der Waals surface area contributed by atoms with E-state index in [-0.39, 0.29) is 5.91 Å². The van der Waals surface area contributed by atoms with Crippen molar-refractivity contribution in [3.8, 4) is 5.75 Å². The number of furan rings is 1. The average molecular weight is 301 g/mol. The van der Waals surface area contributed by atoms with Gasteiger partial charge in [-0.15, -0.1) is 0 Å². The van der Waals surface area contributed by atoms with Gasteiger partial charge in [-0.05, 0) is 55.7 Å². The van der Waals surface area contributed by atoms with E-state index >= 15 is 0 Å². The highest BCUT2D eigenvalue weighted by Crippen LogP contribution is 2.18. The number of unbranched alkanes of at least 4 members (excludes halogenated alkanes) is 1. The Labute approximate surface area is 131 Å². The van der Waals surface area contributed by atoms with Crippen molar-refractivity contribution in [1.82, 2.24) is 5.32 Å². The molecule has 1 aromatic heterocycles. The van der Waals surface area contributed by atoms with Crippen molar-refractivity contribution < 1.29 is 13.9 Å². The number of ether oxygens (including phenoxy) is 1. The third-order valence-electron chi connectivity index (χ3n) is 3.56. The minimum Gasteiger partial charge on any atom is -0.486 e. The summed E-state index contributed by atoms with van der Waals surface area (Å²) >= 11 is 0. The van der Waals surface area contributed by atoms with Crippen molar-refractivity contribution >= 4 is 5.91 Å². The molecule has 1 aromatic carbocycles. The SMILES string of the molecule is CCCCNC(=O)c1ccc(COc2ccc(C)c(C)c2)o1. The molecule has 0 aliphatic rings. The second-order valence-corrected chi connectivity index (χ2v) is 5.41. The second-order valence-electron chi connectivity index (χ2n) is 5.41. The molecule has 1 N–H and O–H groups in total. The van der Waals surface area contributed by atoms with Gasteiger partial charge in [-0.25, -0.2) is 0 Å². The topological polar surface area (TPSA) is 51.5 Å². The van der Waals surface area contributed by atoms with Crippen LogP contribution in [0.1, 0.15) is 47.2 Å². The minimum absolute atomic E-state index is 0.175. The number of hydrogen-bond donors (Lipinski definition) is 1. The zero-order valence-electron chi connectivity index (χ0n) is 13.4. The molecule has 0 saturated carbocycles. The van der Waals surface area contributed by atoms with E-state index < -0.39 is 0 Å². The summed E-state index contributed by atoms with van der Waals surface area (Å²) in [5.41, 5.74) is 2.42. The zero-order valence-corrected chi connectivity index (χ0v) is 13.4. The summed E-state index contributed by atoms with van der Waals surface area (Å²) in [6, 6.07) is 9.41. The Bertz CT molecular complexity index is 631. The van der Waals surface area contributed by atoms with Crippen LogP contribution in [-0.4, -0.2) is 12.5 Å². The van der Waals surface area contributed by atoms with E-state index in [1.807, 2.05) is 25.1 Å². The van der Waals surface area contributed by atoms with Gasteiger partial charge >= 0.3 is 0 Å². The van der Waals surface area contributed by atoms with E-state index in [1.54, 1.807) is 12.1 Å². The maximum atomic E-state index is 11.8. The molecule has 0 aliphatic carbocycles. The lowest BCUT2D eigenvalue weighted by molar-refractivity contribution is 0.0921. The fourth-order valence-electron chi connectivity index (χ4n) is 2.00. The normalized spacial score (nSPS) is 10.5. The first-order valence-corrected chi connectivity index (χ1v) is 7.67. The number of rotatable bonds is 7. The molecule has 2 rings (SSSR count). The minimum atomic E-state index is -0.175. The molecule has 2 aromatic rings. The average Bonchev–Trinajstić information content (AvgIpc) is 2.98. The number of hydrogen-bond acceptors (Lipinski definition) is 3. The summed E-state index contributed by atoms with van der Waals surface area (Å²) < 4.78 is 11.2. The standard InChI is InChI=1S/C18H23NO3/c1-4-5-10-19-18(20)17-9-8-16(22-17)12-21-15-7-6-13(2)14(3)11-15/h6-9,11H,4-5,10,12H2,1-3H3,(H,19,20). The molecule has 0 fully saturated rings. The lowest BCUT2D eigenvalue weighted by atomic mass is 10.1. The smallest absolute Gasteiger partial charge is 0.286 e. The van der Waals surface area contributed by atoms with E-state index in [4.69, 9.17) is 9.15 Å². The third kappa shape index (κ3) is 4.38. The van der Waals surface area contributed by atoms with Crippen molar-refractivity contribution in [2.24, 2.45) is 0 Å². The van der Waals surface area contributed by atoms with Crippen LogP contribution in [0.25, 0.3) is 0 Å². The lowest BCUT2D eigenvalue weighted by Gasteiger charge is -2.07. The molecule has 0 spiro atoms. The van der Waals surface area contributed by atoms with Crippen LogP contribution in [0.4, 0.5) is 0 Å². The summed E-state index contributed by atoms with van der Waals surface area (Å²) in [5, 5.41) is 2.83. The summed E-state index contributed by atoms with van der Waals surface area (Å²) in [6.07, 6.45) is 2.02. The predicted octanol–water partition coefficient (Wildman–Crippen LogP) is 4.01. The maximum absolute atomic E-state index is 11.8. The molecule has 118 valence electrons. The van der Waals surface area contributed by atoms with E-state index in [0.29, 0.717) is 24.7 Å². The number of aryl methyl sites for hydroxylation is 2. The number of benzene rings is 1. The van der Waals surface area contributed by atoms with E-state index in [9.17, 15) is 4.79 Å². The number of carbonyl (C=O) groups is 1. The van der Waals surface area contributed by atoms with Gasteiger partial charge in [0.05, 0.1) is 0 Å². The largest absolute Gasteiger partial charge is 0.486 e. The number of amides is 1. The Morgan fingerprint density at radius 1 is 1.18 bits per heavy atom. The quantitative estimate of drug-likeness (QED) is 0.786. The molecular weight excluding hydrogens is 278 g/mol. The van der Waals surface area contributed by atoms with Crippen molar-refractivity contribution in [1.29, 1.82) is 0 Å². The summed E-state index contributed by atoms with van der Waals surface area (Å²) in [7, 11) is 0. The molecular formula is C18H23NO3. The van der Waals surface area contributed by atoms with Gasteiger partial charge in [0.25, 0.3) is 5.91 Å². The van der Waals surface area contributed by atoms with Gasteiger partial charge in [0.1, 0.15) is 18.1 Å². The monoisotopic (exact) mass is 301 g/mol. The van der Waals surface area contributed by atoms with Crippen LogP contribution in [0.15, 0.2) is 34.7 Å². The predicted molar refractivity (Wildman–Crippen MR) is 86.2 cm³/mol. The van der Waals surface area contributed by atoms with Crippen LogP contribution in [-0.2, 0) is 6.61 Å². The van der Waals surface area contributed by atoms with Crippen LogP contribution in [0.5, 0.6) is 5.75 Å². The number of nitrogens with one attached hydrogen (secondary N) is 1. The van der Waals surface area contributed by atoms with Crippen LogP contribution in [0.2, 0.25) is 0 Å². The molecule has 22 heavy (non-hydrogen) atoms. The van der Waals surface area contributed by atoms with Crippen LogP contribution >= 0.6 is 0 Å². The first-order valence-electron chi connectivity index (χ1n) is 7.67. The Morgan fingerprint density at radius 3 is 2.73 bits per heavy atom. The van der Waals surface area contributed by atoms with Gasteiger partial charge in [0.2, 0.25) is 0 Å². The van der Waals surface area contributed by atoms with Crippen LogP contribution < -0.4 is 10.1 Å². The van der Waals surface area contributed by atoms with Gasteiger partial charge in [-0.3, -0.25) is 4.79 Å². The summed E-state index contributed by atoms with van der Waals surface area (Å²) in [5.74, 6) is 1.59. The molecule has 4 heteroatoms. The first-order chi connectivity index (χ1) is 10.6. The molecule has 4 nitrogen and oxygen atoms in total. The molecule has 1 heterocycles. The van der Waals surface area contributed by atoms with Crippen LogP contribution in [0, 0.1) is 13.8 Å². The van der Waals surface area contributed by atoms with Crippen molar-refractivity contribution in [3.05, 3.63) is 53.0 Å². The summed E-state index contributed by atoms with van der Waals surface area (Å²) in [6.45, 7) is 7.18. The van der Waals surface area contributed by atoms with Gasteiger partial charge in [-0.1, -0.05) is 19.4 Å². The Morgan fingerprint density at radius 2 is 2.00 bits per heavy atom. The Kier molecular flexibility index (Phi) is 5.64. The third-order valence-corrected chi connectivity index (χ3v) is 3.56. The van der Waals surface area contributed by atoms with E-state index in [1.165, 1.54) is 11.1 Å². The fourth-order valence-corrected chi connectivity index (χ4v) is 2.00. The lowest BCUT2D eigenvalue weighted by Crippen LogP contribution is -2.23. The second kappa shape index (κ2) is 7.69. The Balaban J connectivity index is 1.88. The highest BCUT2D eigenvalue weighted by Gasteiger charge is 2.10. The van der Waals surface area contributed by atoms with Crippen molar-refractivity contribution in [2.75, 3.05) is 6.54 Å². The Hall–Kier alpha value is -2.23. The van der Waals surface area contributed by atoms with Gasteiger partial charge in [-0.2, -0.15) is 0 Å². The highest BCUT2D eigenvalue weighted by atomic mass is 16.5. The zero-order chi connectivity index (χ0) is 15.9.